The van der Waals surface area contributed by atoms with Crippen molar-refractivity contribution in [2.45, 2.75) is 37.0 Å². The van der Waals surface area contributed by atoms with E-state index in [0.717, 1.165) is 6.42 Å². The van der Waals surface area contributed by atoms with Gasteiger partial charge >= 0.3 is 27.3 Å². The van der Waals surface area contributed by atoms with Crippen LogP contribution in [0.25, 0.3) is 0 Å². The van der Waals surface area contributed by atoms with Crippen molar-refractivity contribution in [3.63, 3.8) is 0 Å². The molecule has 148 valence electrons. The number of carbonyl (C=O) groups is 2. The molecular formula is C15H20F2O8S. The monoisotopic (exact) mass is 398 g/mol. The number of esters is 1. The number of hydrogen-bond donors (Lipinski definition) is 2. The van der Waals surface area contributed by atoms with Crippen LogP contribution in [0, 0.1) is 17.8 Å². The van der Waals surface area contributed by atoms with Crippen molar-refractivity contribution in [2.24, 2.45) is 17.8 Å². The SMILES string of the molecule is C=C(COCC(F)(F)S(=O)(=O)O)C(=O)OC1CC2CC1CC2CC(=O)O. The molecule has 4 atom stereocenters. The molecule has 2 N–H and O–H groups in total. The first-order chi connectivity index (χ1) is 11.9. The summed E-state index contributed by atoms with van der Waals surface area (Å²) in [6.45, 7) is 1.06. The van der Waals surface area contributed by atoms with E-state index in [1.807, 2.05) is 0 Å². The summed E-state index contributed by atoms with van der Waals surface area (Å²) in [5.41, 5.74) is -0.263. The van der Waals surface area contributed by atoms with Crippen LogP contribution in [-0.2, 0) is 29.2 Å². The highest BCUT2D eigenvalue weighted by Crippen LogP contribution is 2.50. The van der Waals surface area contributed by atoms with Crippen LogP contribution in [0.2, 0.25) is 0 Å². The maximum absolute atomic E-state index is 13.0. The summed E-state index contributed by atoms with van der Waals surface area (Å²) in [6.07, 6.45) is 1.68. The van der Waals surface area contributed by atoms with E-state index >= 15 is 0 Å². The van der Waals surface area contributed by atoms with Crippen molar-refractivity contribution >= 4 is 22.1 Å². The van der Waals surface area contributed by atoms with E-state index in [0.29, 0.717) is 12.8 Å². The molecular weight excluding hydrogens is 378 g/mol. The average molecular weight is 398 g/mol. The number of fused-ring (bicyclic) bond motifs is 2. The van der Waals surface area contributed by atoms with E-state index in [4.69, 9.17) is 14.4 Å². The molecule has 2 aliphatic carbocycles. The van der Waals surface area contributed by atoms with Crippen molar-refractivity contribution in [1.82, 2.24) is 0 Å². The van der Waals surface area contributed by atoms with Gasteiger partial charge in [-0.05, 0) is 37.0 Å². The van der Waals surface area contributed by atoms with Crippen molar-refractivity contribution in [3.05, 3.63) is 12.2 Å². The van der Waals surface area contributed by atoms with Gasteiger partial charge in [-0.3, -0.25) is 9.35 Å². The van der Waals surface area contributed by atoms with Gasteiger partial charge in [-0.1, -0.05) is 6.58 Å². The predicted octanol–water partition coefficient (Wildman–Crippen LogP) is 1.47. The van der Waals surface area contributed by atoms with Crippen LogP contribution in [0.3, 0.4) is 0 Å². The highest BCUT2D eigenvalue weighted by molar-refractivity contribution is 7.86. The van der Waals surface area contributed by atoms with Crippen molar-refractivity contribution < 1.29 is 45.9 Å². The molecule has 2 fully saturated rings. The molecule has 0 aliphatic heterocycles. The van der Waals surface area contributed by atoms with Crippen LogP contribution in [0.1, 0.15) is 25.7 Å². The van der Waals surface area contributed by atoms with Gasteiger partial charge < -0.3 is 14.6 Å². The van der Waals surface area contributed by atoms with Crippen LogP contribution in [-0.4, -0.2) is 54.6 Å². The Bertz CT molecular complexity index is 690. The molecule has 0 heterocycles. The summed E-state index contributed by atoms with van der Waals surface area (Å²) in [7, 11) is -5.60. The quantitative estimate of drug-likeness (QED) is 0.340. The number of rotatable bonds is 9. The van der Waals surface area contributed by atoms with Gasteiger partial charge in [0.25, 0.3) is 0 Å². The molecule has 0 aromatic rings. The molecule has 8 nitrogen and oxygen atoms in total. The summed E-state index contributed by atoms with van der Waals surface area (Å²) < 4.78 is 64.9. The smallest absolute Gasteiger partial charge is 0.392 e. The van der Waals surface area contributed by atoms with Gasteiger partial charge in [0.2, 0.25) is 0 Å². The summed E-state index contributed by atoms with van der Waals surface area (Å²) in [5.74, 6) is -1.39. The van der Waals surface area contributed by atoms with Gasteiger partial charge in [0.15, 0.2) is 0 Å². The molecule has 2 saturated carbocycles. The summed E-state index contributed by atoms with van der Waals surface area (Å²) >= 11 is 0. The minimum atomic E-state index is -5.60. The molecule has 0 amide bonds. The summed E-state index contributed by atoms with van der Waals surface area (Å²) in [6, 6.07) is 0. The largest absolute Gasteiger partial charge is 0.481 e. The number of ether oxygens (including phenoxy) is 2. The first kappa shape index (κ1) is 20.7. The number of aliphatic carboxylic acids is 1. The molecule has 4 unspecified atom stereocenters. The fourth-order valence-corrected chi connectivity index (χ4v) is 3.84. The Morgan fingerprint density at radius 2 is 1.85 bits per heavy atom. The van der Waals surface area contributed by atoms with Crippen molar-refractivity contribution in [2.75, 3.05) is 13.2 Å². The fourth-order valence-electron chi connectivity index (χ4n) is 3.61. The lowest BCUT2D eigenvalue weighted by Gasteiger charge is -2.27. The number of halogens is 2. The molecule has 11 heteroatoms. The van der Waals surface area contributed by atoms with Gasteiger partial charge in [-0.25, -0.2) is 4.79 Å². The molecule has 2 bridgehead atoms. The number of carboxylic acids is 1. The van der Waals surface area contributed by atoms with Crippen molar-refractivity contribution in [1.29, 1.82) is 0 Å². The zero-order valence-electron chi connectivity index (χ0n) is 13.8. The van der Waals surface area contributed by atoms with Crippen LogP contribution in [0.5, 0.6) is 0 Å². The van der Waals surface area contributed by atoms with E-state index in [9.17, 15) is 26.8 Å². The Morgan fingerprint density at radius 1 is 1.19 bits per heavy atom. The second kappa shape index (κ2) is 7.57. The van der Waals surface area contributed by atoms with Gasteiger partial charge in [0, 0.05) is 6.42 Å². The van der Waals surface area contributed by atoms with Crippen LogP contribution >= 0.6 is 0 Å². The highest BCUT2D eigenvalue weighted by Gasteiger charge is 2.48. The van der Waals surface area contributed by atoms with Gasteiger partial charge in [-0.2, -0.15) is 17.2 Å². The topological polar surface area (TPSA) is 127 Å². The molecule has 0 saturated heterocycles. The fraction of sp³-hybridized carbons (Fsp3) is 0.733. The second-order valence-corrected chi connectivity index (χ2v) is 8.29. The Hall–Kier alpha value is -1.59. The zero-order valence-corrected chi connectivity index (χ0v) is 14.6. The van der Waals surface area contributed by atoms with Gasteiger partial charge in [0.05, 0.1) is 12.2 Å². The van der Waals surface area contributed by atoms with Crippen LogP contribution in [0.15, 0.2) is 12.2 Å². The second-order valence-electron chi connectivity index (χ2n) is 6.74. The van der Waals surface area contributed by atoms with Crippen molar-refractivity contribution in [3.8, 4) is 0 Å². The lowest BCUT2D eigenvalue weighted by molar-refractivity contribution is -0.149. The Balaban J connectivity index is 1.76. The minimum absolute atomic E-state index is 0.0610. The lowest BCUT2D eigenvalue weighted by atomic mass is 9.85. The number of alkyl halides is 2. The lowest BCUT2D eigenvalue weighted by Crippen LogP contribution is -2.34. The average Bonchev–Trinajstić information content (AvgIpc) is 3.04. The van der Waals surface area contributed by atoms with Gasteiger partial charge in [0.1, 0.15) is 12.7 Å². The van der Waals surface area contributed by atoms with E-state index in [1.165, 1.54) is 0 Å². The normalized spacial score (nSPS) is 28.1. The zero-order chi connectivity index (χ0) is 19.7. The predicted molar refractivity (Wildman–Crippen MR) is 82.9 cm³/mol. The van der Waals surface area contributed by atoms with Crippen LogP contribution < -0.4 is 0 Å². The Kier molecular flexibility index (Phi) is 6.03. The molecule has 2 rings (SSSR count). The standard InChI is InChI=1S/C15H20F2O8S/c1-8(6-24-7-15(16,17)26(21,22)23)14(20)25-12-4-9-2-11(12)3-10(9)5-13(18)19/h9-12H,1-7H2,(H,18,19)(H,21,22,23). The van der Waals surface area contributed by atoms with E-state index in [2.05, 4.69) is 11.3 Å². The number of carbonyl (C=O) groups excluding carboxylic acids is 1. The third kappa shape index (κ3) is 4.77. The van der Waals surface area contributed by atoms with E-state index in [1.54, 1.807) is 0 Å². The molecule has 26 heavy (non-hydrogen) atoms. The maximum Gasteiger partial charge on any atom is 0.392 e. The summed E-state index contributed by atoms with van der Waals surface area (Å²) in [4.78, 5) is 22.7. The van der Waals surface area contributed by atoms with Crippen LogP contribution in [0.4, 0.5) is 8.78 Å². The molecule has 0 radical (unpaired) electrons. The van der Waals surface area contributed by atoms with E-state index < -0.39 is 40.5 Å². The van der Waals surface area contributed by atoms with E-state index in [-0.39, 0.29) is 35.9 Å². The first-order valence-electron chi connectivity index (χ1n) is 7.94. The Labute approximate surface area is 148 Å². The molecule has 0 aromatic carbocycles. The third-order valence-corrected chi connectivity index (χ3v) is 5.72. The molecule has 2 aliphatic rings. The molecule has 0 spiro atoms. The Morgan fingerprint density at radius 3 is 2.35 bits per heavy atom. The third-order valence-electron chi connectivity index (χ3n) is 4.85. The first-order valence-corrected chi connectivity index (χ1v) is 9.38. The minimum Gasteiger partial charge on any atom is -0.481 e. The molecule has 0 aromatic heterocycles. The number of hydrogen-bond acceptors (Lipinski definition) is 6. The number of carboxylic acid groups (broad SMARTS) is 1. The highest BCUT2D eigenvalue weighted by atomic mass is 32.2. The summed E-state index contributed by atoms with van der Waals surface area (Å²) in [5, 5.41) is 4.37. The van der Waals surface area contributed by atoms with Gasteiger partial charge in [-0.15, -0.1) is 0 Å². The maximum atomic E-state index is 13.0.